The number of halogens is 3. The predicted octanol–water partition coefficient (Wildman–Crippen LogP) is 5.47. The first-order valence-electron chi connectivity index (χ1n) is 11.5. The summed E-state index contributed by atoms with van der Waals surface area (Å²) in [6, 6.07) is 11.6. The predicted molar refractivity (Wildman–Crippen MR) is 134 cm³/mol. The number of aromatic nitrogens is 2. The van der Waals surface area contributed by atoms with E-state index in [1.165, 1.54) is 24.6 Å². The van der Waals surface area contributed by atoms with E-state index < -0.39 is 31.7 Å². The Kier molecular flexibility index (Phi) is 9.49. The molecule has 0 unspecified atom stereocenters. The molecule has 0 radical (unpaired) electrons. The SMILES string of the molecule is CCCCc1ccc(CCOc2ccc(-c3nnc([C@@](C)(N)COP(=O)(O)O)s3)cc2C(F)(F)F)cc1. The molecule has 0 saturated carbocycles. The van der Waals surface area contributed by atoms with Gasteiger partial charge in [-0.25, -0.2) is 4.57 Å². The molecule has 0 amide bonds. The van der Waals surface area contributed by atoms with Crippen molar-refractivity contribution >= 4 is 19.2 Å². The van der Waals surface area contributed by atoms with Crippen molar-refractivity contribution in [1.82, 2.24) is 10.2 Å². The van der Waals surface area contributed by atoms with Crippen molar-refractivity contribution < 1.29 is 36.8 Å². The van der Waals surface area contributed by atoms with E-state index in [-0.39, 0.29) is 27.9 Å². The van der Waals surface area contributed by atoms with Crippen LogP contribution in [-0.4, -0.2) is 33.2 Å². The summed E-state index contributed by atoms with van der Waals surface area (Å²) in [6.45, 7) is 3.06. The first-order chi connectivity index (χ1) is 17.3. The molecular weight excluding hydrogens is 530 g/mol. The maximum Gasteiger partial charge on any atom is 0.469 e. The fourth-order valence-electron chi connectivity index (χ4n) is 3.39. The molecule has 3 rings (SSSR count). The van der Waals surface area contributed by atoms with Gasteiger partial charge in [0.05, 0.1) is 24.3 Å². The van der Waals surface area contributed by atoms with E-state index >= 15 is 0 Å². The van der Waals surface area contributed by atoms with Gasteiger partial charge in [-0.1, -0.05) is 48.9 Å². The molecule has 0 saturated heterocycles. The van der Waals surface area contributed by atoms with Crippen molar-refractivity contribution in [2.45, 2.75) is 51.2 Å². The lowest BCUT2D eigenvalue weighted by molar-refractivity contribution is -0.138. The van der Waals surface area contributed by atoms with E-state index in [1.54, 1.807) is 0 Å². The lowest BCUT2D eigenvalue weighted by Gasteiger charge is -2.21. The monoisotopic (exact) mass is 559 g/mol. The number of nitrogens with two attached hydrogens (primary N) is 1. The molecule has 13 heteroatoms. The Balaban J connectivity index is 1.72. The Morgan fingerprint density at radius 1 is 1.05 bits per heavy atom. The smallest absolute Gasteiger partial charge is 0.469 e. The van der Waals surface area contributed by atoms with Gasteiger partial charge in [0.25, 0.3) is 0 Å². The fraction of sp³-hybridized carbons (Fsp3) is 0.417. The van der Waals surface area contributed by atoms with Crippen LogP contribution in [-0.2, 0) is 33.6 Å². The molecule has 3 aromatic rings. The Morgan fingerprint density at radius 3 is 2.30 bits per heavy atom. The third-order valence-corrected chi connectivity index (χ3v) is 7.19. The Hall–Kier alpha value is -2.34. The molecule has 0 fully saturated rings. The minimum atomic E-state index is -4.76. The topological polar surface area (TPSA) is 128 Å². The summed E-state index contributed by atoms with van der Waals surface area (Å²) in [7, 11) is -4.76. The second kappa shape index (κ2) is 12.0. The number of phosphoric ester groups is 1. The third kappa shape index (κ3) is 8.59. The average molecular weight is 560 g/mol. The highest BCUT2D eigenvalue weighted by Gasteiger charge is 2.35. The number of ether oxygens (including phenoxy) is 1. The van der Waals surface area contributed by atoms with Crippen molar-refractivity contribution in [2.24, 2.45) is 5.73 Å². The van der Waals surface area contributed by atoms with E-state index in [0.717, 1.165) is 42.2 Å². The molecule has 0 aliphatic heterocycles. The van der Waals surface area contributed by atoms with Crippen LogP contribution in [0.15, 0.2) is 42.5 Å². The average Bonchev–Trinajstić information content (AvgIpc) is 3.33. The standard InChI is InChI=1S/C24H29F3N3O5PS/c1-3-4-5-16-6-8-17(9-7-16)12-13-34-20-11-10-18(14-19(20)24(25,26)27)21-29-30-22(37-21)23(2,28)15-35-36(31,32)33/h6-11,14H,3-5,12-13,15,28H2,1-2H3,(H2,31,32,33)/t23-/m0/s1. The molecule has 0 bridgehead atoms. The van der Waals surface area contributed by atoms with Crippen LogP contribution < -0.4 is 10.5 Å². The van der Waals surface area contributed by atoms with Gasteiger partial charge in [0.1, 0.15) is 15.8 Å². The van der Waals surface area contributed by atoms with Gasteiger partial charge in [0.15, 0.2) is 0 Å². The molecular formula is C24H29F3N3O5PS. The largest absolute Gasteiger partial charge is 0.493 e. The normalized spacial score (nSPS) is 13.9. The van der Waals surface area contributed by atoms with E-state index in [4.69, 9.17) is 20.3 Å². The second-order valence-corrected chi connectivity index (χ2v) is 11.0. The van der Waals surface area contributed by atoms with Crippen molar-refractivity contribution in [3.05, 3.63) is 64.2 Å². The van der Waals surface area contributed by atoms with E-state index in [1.807, 2.05) is 24.3 Å². The van der Waals surface area contributed by atoms with Crippen LogP contribution in [0.2, 0.25) is 0 Å². The highest BCUT2D eigenvalue weighted by Crippen LogP contribution is 2.41. The quantitative estimate of drug-likeness (QED) is 0.249. The van der Waals surface area contributed by atoms with Crippen LogP contribution >= 0.6 is 19.2 Å². The summed E-state index contributed by atoms with van der Waals surface area (Å²) < 4.78 is 62.4. The van der Waals surface area contributed by atoms with E-state index in [0.29, 0.717) is 6.42 Å². The number of nitrogens with zero attached hydrogens (tertiary/aromatic N) is 2. The molecule has 1 atom stereocenters. The number of aryl methyl sites for hydroxylation is 1. The van der Waals surface area contributed by atoms with Crippen LogP contribution in [0.25, 0.3) is 10.6 Å². The van der Waals surface area contributed by atoms with Crippen molar-refractivity contribution in [2.75, 3.05) is 13.2 Å². The van der Waals surface area contributed by atoms with Crippen LogP contribution in [0.5, 0.6) is 5.75 Å². The highest BCUT2D eigenvalue weighted by atomic mass is 32.1. The van der Waals surface area contributed by atoms with E-state index in [2.05, 4.69) is 21.6 Å². The van der Waals surface area contributed by atoms with Gasteiger partial charge in [0.2, 0.25) is 0 Å². The molecule has 1 aromatic heterocycles. The molecule has 202 valence electrons. The Bertz CT molecular complexity index is 1230. The number of phosphoric acid groups is 1. The zero-order valence-corrected chi connectivity index (χ0v) is 22.1. The zero-order valence-electron chi connectivity index (χ0n) is 20.4. The number of hydrogen-bond acceptors (Lipinski definition) is 7. The summed E-state index contributed by atoms with van der Waals surface area (Å²) in [5.41, 5.74) is 6.02. The summed E-state index contributed by atoms with van der Waals surface area (Å²) >= 11 is 0.901. The van der Waals surface area contributed by atoms with Gasteiger partial charge in [-0.15, -0.1) is 10.2 Å². The van der Waals surface area contributed by atoms with Crippen LogP contribution in [0.4, 0.5) is 13.2 Å². The van der Waals surface area contributed by atoms with Crippen LogP contribution in [0.3, 0.4) is 0 Å². The van der Waals surface area contributed by atoms with Crippen molar-refractivity contribution in [3.63, 3.8) is 0 Å². The van der Waals surface area contributed by atoms with Gasteiger partial charge in [-0.3, -0.25) is 4.52 Å². The fourth-order valence-corrected chi connectivity index (χ4v) is 4.71. The third-order valence-electron chi connectivity index (χ3n) is 5.47. The van der Waals surface area contributed by atoms with Crippen molar-refractivity contribution in [1.29, 1.82) is 0 Å². The second-order valence-electron chi connectivity index (χ2n) is 8.82. The molecule has 1 heterocycles. The molecule has 0 aliphatic rings. The van der Waals surface area contributed by atoms with Crippen LogP contribution in [0.1, 0.15) is 48.4 Å². The first-order valence-corrected chi connectivity index (χ1v) is 13.9. The van der Waals surface area contributed by atoms with E-state index in [9.17, 15) is 17.7 Å². The molecule has 0 spiro atoms. The summed E-state index contributed by atoms with van der Waals surface area (Å²) in [5.74, 6) is -0.292. The molecule has 37 heavy (non-hydrogen) atoms. The minimum Gasteiger partial charge on any atom is -0.493 e. The number of benzene rings is 2. The number of unbranched alkanes of at least 4 members (excludes halogenated alkanes) is 1. The van der Waals surface area contributed by atoms with Crippen molar-refractivity contribution in [3.8, 4) is 16.3 Å². The lowest BCUT2D eigenvalue weighted by atomic mass is 10.1. The van der Waals surface area contributed by atoms with Gasteiger partial charge in [-0.2, -0.15) is 13.2 Å². The summed E-state index contributed by atoms with van der Waals surface area (Å²) in [4.78, 5) is 17.8. The van der Waals surface area contributed by atoms with Gasteiger partial charge in [0, 0.05) is 12.0 Å². The Morgan fingerprint density at radius 2 is 1.70 bits per heavy atom. The molecule has 4 N–H and O–H groups in total. The lowest BCUT2D eigenvalue weighted by Crippen LogP contribution is -2.37. The van der Waals surface area contributed by atoms with Gasteiger partial charge in [-0.05, 0) is 49.1 Å². The number of alkyl halides is 3. The first kappa shape index (κ1) is 29.2. The van der Waals surface area contributed by atoms with Crippen LogP contribution in [0, 0.1) is 0 Å². The summed E-state index contributed by atoms with van der Waals surface area (Å²) in [5, 5.41) is 8.09. The number of hydrogen-bond donors (Lipinski definition) is 3. The molecule has 8 nitrogen and oxygen atoms in total. The summed E-state index contributed by atoms with van der Waals surface area (Å²) in [6.07, 6.45) is -1.00. The highest BCUT2D eigenvalue weighted by molar-refractivity contribution is 7.46. The van der Waals surface area contributed by atoms with Gasteiger partial charge < -0.3 is 20.3 Å². The minimum absolute atomic E-state index is 0.0742. The Labute approximate surface area is 216 Å². The maximum absolute atomic E-state index is 13.8. The van der Waals surface area contributed by atoms with Gasteiger partial charge >= 0.3 is 14.0 Å². The molecule has 2 aromatic carbocycles. The molecule has 0 aliphatic carbocycles. The zero-order chi connectivity index (χ0) is 27.3. The number of rotatable bonds is 12. The maximum atomic E-state index is 13.8.